The number of nitrogens with zero attached hydrogens (tertiary/aromatic N) is 1. The first-order chi connectivity index (χ1) is 6.61. The molecule has 0 aliphatic carbocycles. The molecule has 0 aliphatic heterocycles. The molecule has 0 unspecified atom stereocenters. The van der Waals surface area contributed by atoms with E-state index in [2.05, 4.69) is 15.9 Å². The first-order valence-corrected chi connectivity index (χ1v) is 4.83. The molecule has 0 aromatic heterocycles. The van der Waals surface area contributed by atoms with Gasteiger partial charge in [-0.1, -0.05) is 0 Å². The van der Waals surface area contributed by atoms with E-state index in [9.17, 15) is 5.11 Å². The van der Waals surface area contributed by atoms with E-state index in [4.69, 9.17) is 10.00 Å². The van der Waals surface area contributed by atoms with Gasteiger partial charge in [-0.2, -0.15) is 5.26 Å². The summed E-state index contributed by atoms with van der Waals surface area (Å²) < 4.78 is 5.60. The monoisotopic (exact) mass is 255 g/mol. The van der Waals surface area contributed by atoms with E-state index in [1.807, 2.05) is 13.0 Å². The first-order valence-electron chi connectivity index (χ1n) is 4.03. The Balaban J connectivity index is 3.34. The number of aromatic hydroxyl groups is 1. The maximum atomic E-state index is 9.69. The maximum absolute atomic E-state index is 9.69. The van der Waals surface area contributed by atoms with Gasteiger partial charge in [0.25, 0.3) is 0 Å². The van der Waals surface area contributed by atoms with Gasteiger partial charge in [0.2, 0.25) is 0 Å². The predicted molar refractivity (Wildman–Crippen MR) is 56.4 cm³/mol. The van der Waals surface area contributed by atoms with E-state index < -0.39 is 0 Å². The molecule has 74 valence electrons. The Kier molecular flexibility index (Phi) is 3.37. The van der Waals surface area contributed by atoms with Gasteiger partial charge in [0.15, 0.2) is 0 Å². The van der Waals surface area contributed by atoms with E-state index in [1.165, 1.54) is 7.11 Å². The van der Waals surface area contributed by atoms with E-state index >= 15 is 0 Å². The highest BCUT2D eigenvalue weighted by Gasteiger charge is 2.13. The average molecular weight is 256 g/mol. The van der Waals surface area contributed by atoms with Gasteiger partial charge < -0.3 is 9.84 Å². The molecule has 1 aromatic carbocycles. The highest BCUT2D eigenvalue weighted by Crippen LogP contribution is 2.39. The lowest BCUT2D eigenvalue weighted by molar-refractivity contribution is 0.399. The summed E-state index contributed by atoms with van der Waals surface area (Å²) in [5.74, 6) is 0.679. The van der Waals surface area contributed by atoms with Gasteiger partial charge in [-0.15, -0.1) is 0 Å². The third-order valence-corrected chi connectivity index (χ3v) is 2.67. The van der Waals surface area contributed by atoms with E-state index in [1.54, 1.807) is 6.07 Å². The third kappa shape index (κ3) is 1.83. The van der Waals surface area contributed by atoms with Crippen LogP contribution in [0.1, 0.15) is 11.1 Å². The number of hydrogen-bond acceptors (Lipinski definition) is 3. The number of rotatable bonds is 2. The second-order valence-corrected chi connectivity index (χ2v) is 3.68. The Morgan fingerprint density at radius 3 is 2.79 bits per heavy atom. The number of aryl methyl sites for hydroxylation is 1. The minimum absolute atomic E-state index is 0.0778. The lowest BCUT2D eigenvalue weighted by Crippen LogP contribution is -1.93. The summed E-state index contributed by atoms with van der Waals surface area (Å²) in [7, 11) is 1.54. The summed E-state index contributed by atoms with van der Waals surface area (Å²) in [6, 6.07) is 3.75. The van der Waals surface area contributed by atoms with Gasteiger partial charge in [-0.3, -0.25) is 0 Å². The molecule has 0 bridgehead atoms. The van der Waals surface area contributed by atoms with Crippen LogP contribution in [0.2, 0.25) is 0 Å². The number of methoxy groups -OCH3 is 1. The Morgan fingerprint density at radius 2 is 2.29 bits per heavy atom. The molecule has 3 nitrogen and oxygen atoms in total. The average Bonchev–Trinajstić information content (AvgIpc) is 2.15. The molecule has 1 N–H and O–H groups in total. The molecule has 1 aromatic rings. The molecule has 0 radical (unpaired) electrons. The van der Waals surface area contributed by atoms with Crippen LogP contribution >= 0.6 is 15.9 Å². The summed E-state index contributed by atoms with van der Waals surface area (Å²) in [4.78, 5) is 0. The van der Waals surface area contributed by atoms with E-state index in [0.29, 0.717) is 15.8 Å². The molecule has 0 saturated carbocycles. The molecular weight excluding hydrogens is 246 g/mol. The number of ether oxygens (including phenoxy) is 1. The molecule has 0 amide bonds. The van der Waals surface area contributed by atoms with Gasteiger partial charge in [0, 0.05) is 5.56 Å². The van der Waals surface area contributed by atoms with Crippen molar-refractivity contribution in [2.75, 3.05) is 7.11 Å². The van der Waals surface area contributed by atoms with Gasteiger partial charge in [0.05, 0.1) is 19.6 Å². The van der Waals surface area contributed by atoms with Crippen molar-refractivity contribution in [1.82, 2.24) is 0 Å². The molecule has 0 fully saturated rings. The van der Waals surface area contributed by atoms with Crippen LogP contribution in [-0.2, 0) is 6.42 Å². The highest BCUT2D eigenvalue weighted by atomic mass is 79.9. The fourth-order valence-electron chi connectivity index (χ4n) is 1.29. The fraction of sp³-hybridized carbons (Fsp3) is 0.300. The lowest BCUT2D eigenvalue weighted by Gasteiger charge is -2.11. The number of phenolic OH excluding ortho intramolecular Hbond substituents is 1. The maximum Gasteiger partial charge on any atom is 0.139 e. The van der Waals surface area contributed by atoms with Gasteiger partial charge in [0.1, 0.15) is 16.0 Å². The smallest absolute Gasteiger partial charge is 0.139 e. The summed E-state index contributed by atoms with van der Waals surface area (Å²) in [5, 5.41) is 18.2. The number of hydrogen-bond donors (Lipinski definition) is 1. The first kappa shape index (κ1) is 10.9. The van der Waals surface area contributed by atoms with Crippen molar-refractivity contribution in [3.8, 4) is 17.6 Å². The Morgan fingerprint density at radius 1 is 1.64 bits per heavy atom. The minimum atomic E-state index is 0.0778. The Bertz CT molecular complexity index is 396. The van der Waals surface area contributed by atoms with Crippen molar-refractivity contribution in [2.45, 2.75) is 13.3 Å². The van der Waals surface area contributed by atoms with Crippen LogP contribution in [-0.4, -0.2) is 12.2 Å². The quantitative estimate of drug-likeness (QED) is 0.884. The molecule has 0 heterocycles. The van der Waals surface area contributed by atoms with Crippen LogP contribution in [0, 0.1) is 18.3 Å². The van der Waals surface area contributed by atoms with Crippen molar-refractivity contribution in [1.29, 1.82) is 5.26 Å². The molecule has 0 atom stereocenters. The van der Waals surface area contributed by atoms with Gasteiger partial charge in [-0.25, -0.2) is 0 Å². The van der Waals surface area contributed by atoms with Crippen molar-refractivity contribution < 1.29 is 9.84 Å². The third-order valence-electron chi connectivity index (χ3n) is 1.93. The Hall–Kier alpha value is -1.21. The zero-order chi connectivity index (χ0) is 10.7. The van der Waals surface area contributed by atoms with Crippen LogP contribution in [0.5, 0.6) is 11.5 Å². The van der Waals surface area contributed by atoms with Crippen molar-refractivity contribution >= 4 is 15.9 Å². The number of benzene rings is 1. The largest absolute Gasteiger partial charge is 0.506 e. The molecular formula is C10H10BrNO2. The molecule has 0 spiro atoms. The number of halogens is 1. The molecule has 4 heteroatoms. The second-order valence-electron chi connectivity index (χ2n) is 2.88. The summed E-state index contributed by atoms with van der Waals surface area (Å²) in [5.41, 5.74) is 1.50. The second kappa shape index (κ2) is 4.34. The van der Waals surface area contributed by atoms with Crippen molar-refractivity contribution in [3.05, 3.63) is 21.7 Å². The topological polar surface area (TPSA) is 53.2 Å². The molecule has 14 heavy (non-hydrogen) atoms. The SMILES string of the molecule is COc1c(C)cc(CC#N)c(O)c1Br. The minimum Gasteiger partial charge on any atom is -0.506 e. The summed E-state index contributed by atoms with van der Waals surface area (Å²) in [6.45, 7) is 1.86. The molecule has 0 saturated heterocycles. The zero-order valence-electron chi connectivity index (χ0n) is 7.97. The zero-order valence-corrected chi connectivity index (χ0v) is 9.55. The van der Waals surface area contributed by atoms with Crippen molar-refractivity contribution in [3.63, 3.8) is 0 Å². The molecule has 1 rings (SSSR count). The van der Waals surface area contributed by atoms with Crippen LogP contribution in [0.3, 0.4) is 0 Å². The van der Waals surface area contributed by atoms with Gasteiger partial charge in [-0.05, 0) is 34.5 Å². The number of nitriles is 1. The summed E-state index contributed by atoms with van der Waals surface area (Å²) in [6.07, 6.45) is 0.190. The van der Waals surface area contributed by atoms with Crippen LogP contribution < -0.4 is 4.74 Å². The Labute approximate surface area is 91.1 Å². The number of phenols is 1. The van der Waals surface area contributed by atoms with Crippen LogP contribution in [0.25, 0.3) is 0 Å². The van der Waals surface area contributed by atoms with E-state index in [-0.39, 0.29) is 12.2 Å². The lowest BCUT2D eigenvalue weighted by atomic mass is 10.1. The normalized spacial score (nSPS) is 9.57. The van der Waals surface area contributed by atoms with Crippen LogP contribution in [0.15, 0.2) is 10.5 Å². The van der Waals surface area contributed by atoms with Gasteiger partial charge >= 0.3 is 0 Å². The highest BCUT2D eigenvalue weighted by molar-refractivity contribution is 9.10. The van der Waals surface area contributed by atoms with Crippen molar-refractivity contribution in [2.24, 2.45) is 0 Å². The fourth-order valence-corrected chi connectivity index (χ4v) is 2.02. The van der Waals surface area contributed by atoms with E-state index in [0.717, 1.165) is 5.56 Å². The standard InChI is InChI=1S/C10H10BrNO2/c1-6-5-7(3-4-12)9(13)8(11)10(6)14-2/h5,13H,3H2,1-2H3. The molecule has 0 aliphatic rings. The van der Waals surface area contributed by atoms with Crippen LogP contribution in [0.4, 0.5) is 0 Å². The summed E-state index contributed by atoms with van der Waals surface area (Å²) >= 11 is 3.23. The predicted octanol–water partition coefficient (Wildman–Crippen LogP) is 2.54.